The molecule has 4 heterocycles. The van der Waals surface area contributed by atoms with Gasteiger partial charge in [0.2, 0.25) is 0 Å². The highest BCUT2D eigenvalue weighted by atomic mass is 16.1. The molecule has 0 amide bonds. The first-order chi connectivity index (χ1) is 16.4. The van der Waals surface area contributed by atoms with E-state index in [1.165, 1.54) is 6.92 Å². The summed E-state index contributed by atoms with van der Waals surface area (Å²) in [5.41, 5.74) is 5.44. The number of nitriles is 1. The summed E-state index contributed by atoms with van der Waals surface area (Å²) >= 11 is 0. The summed E-state index contributed by atoms with van der Waals surface area (Å²) in [4.78, 5) is 21.6. The number of hydrogen-bond acceptors (Lipinski definition) is 8. The Morgan fingerprint density at radius 3 is 2.71 bits per heavy atom. The summed E-state index contributed by atoms with van der Waals surface area (Å²) in [6, 6.07) is 15.0. The molecule has 0 radical (unpaired) electrons. The van der Waals surface area contributed by atoms with Gasteiger partial charge < -0.3 is 5.32 Å². The molecular formula is C24H19N9O. The molecule has 4 aromatic heterocycles. The van der Waals surface area contributed by atoms with Crippen molar-refractivity contribution in [2.75, 3.05) is 5.32 Å². The zero-order valence-corrected chi connectivity index (χ0v) is 18.7. The van der Waals surface area contributed by atoms with Crippen molar-refractivity contribution in [2.24, 2.45) is 0 Å². The summed E-state index contributed by atoms with van der Waals surface area (Å²) in [6.45, 7) is 5.15. The molecule has 166 valence electrons. The van der Waals surface area contributed by atoms with Crippen molar-refractivity contribution < 1.29 is 4.79 Å². The fourth-order valence-corrected chi connectivity index (χ4v) is 3.74. The summed E-state index contributed by atoms with van der Waals surface area (Å²) < 4.78 is 1.83. The Morgan fingerprint density at radius 1 is 1.12 bits per heavy atom. The van der Waals surface area contributed by atoms with Gasteiger partial charge in [-0.1, -0.05) is 0 Å². The van der Waals surface area contributed by atoms with Crippen molar-refractivity contribution in [1.29, 1.82) is 5.26 Å². The molecule has 0 spiro atoms. The number of Topliss-reactive ketones (excluding diaryl/α,β-unsaturated/α-hetero) is 1. The van der Waals surface area contributed by atoms with E-state index in [0.717, 1.165) is 22.4 Å². The molecule has 0 aliphatic rings. The number of carbonyl (C=O) groups is 1. The third-order valence-corrected chi connectivity index (χ3v) is 5.41. The number of hydrogen-bond donors (Lipinski definition) is 2. The minimum Gasteiger partial charge on any atom is -0.339 e. The van der Waals surface area contributed by atoms with E-state index in [-0.39, 0.29) is 11.5 Å². The van der Waals surface area contributed by atoms with Crippen LogP contribution in [0.25, 0.3) is 28.1 Å². The average Bonchev–Trinajstić information content (AvgIpc) is 3.42. The normalized spacial score (nSPS) is 10.9. The van der Waals surface area contributed by atoms with Crippen molar-refractivity contribution in [3.63, 3.8) is 0 Å². The lowest BCUT2D eigenvalue weighted by Gasteiger charge is -2.11. The molecule has 10 nitrogen and oxygen atoms in total. The van der Waals surface area contributed by atoms with Crippen LogP contribution < -0.4 is 5.32 Å². The van der Waals surface area contributed by atoms with Gasteiger partial charge in [-0.15, -0.1) is 5.10 Å². The fraction of sp³-hybridized carbons (Fsp3) is 0.125. The van der Waals surface area contributed by atoms with E-state index < -0.39 is 0 Å². The molecule has 0 saturated heterocycles. The molecular weight excluding hydrogens is 430 g/mol. The number of carbonyl (C=O) groups excluding carboxylic acids is 1. The third kappa shape index (κ3) is 3.65. The number of ketones is 1. The van der Waals surface area contributed by atoms with Crippen LogP contribution in [0.3, 0.4) is 0 Å². The van der Waals surface area contributed by atoms with Gasteiger partial charge >= 0.3 is 0 Å². The highest BCUT2D eigenvalue weighted by Gasteiger charge is 2.21. The molecule has 1 aromatic carbocycles. The summed E-state index contributed by atoms with van der Waals surface area (Å²) in [5.74, 6) is 1.06. The SMILES string of the molecule is CC(=O)c1ccc(-n2cnc3cc(Nc4ccc(C)nn4)ccc32)nc1-c1c(C#N)n[nH]c1C. The second-order valence-corrected chi connectivity index (χ2v) is 7.81. The predicted molar refractivity (Wildman–Crippen MR) is 126 cm³/mol. The zero-order chi connectivity index (χ0) is 23.8. The Morgan fingerprint density at radius 2 is 1.97 bits per heavy atom. The minimum absolute atomic E-state index is 0.149. The van der Waals surface area contributed by atoms with E-state index in [2.05, 4.69) is 36.8 Å². The van der Waals surface area contributed by atoms with Gasteiger partial charge in [0.15, 0.2) is 17.3 Å². The van der Waals surface area contributed by atoms with Crippen molar-refractivity contribution in [2.45, 2.75) is 20.8 Å². The molecule has 34 heavy (non-hydrogen) atoms. The Kier molecular flexibility index (Phi) is 5.07. The predicted octanol–water partition coefficient (Wildman–Crippen LogP) is 4.04. The largest absolute Gasteiger partial charge is 0.339 e. The van der Waals surface area contributed by atoms with Gasteiger partial charge in [-0.3, -0.25) is 14.5 Å². The number of imidazole rings is 1. The summed E-state index contributed by atoms with van der Waals surface area (Å²) in [6.07, 6.45) is 1.67. The molecule has 0 aliphatic heterocycles. The Hall–Kier alpha value is -4.91. The Labute approximate surface area is 194 Å². The first kappa shape index (κ1) is 21.0. The quantitative estimate of drug-likeness (QED) is 0.384. The molecule has 0 bridgehead atoms. The molecule has 2 N–H and O–H groups in total. The number of benzene rings is 1. The summed E-state index contributed by atoms with van der Waals surface area (Å²) in [7, 11) is 0. The van der Waals surface area contributed by atoms with Crippen LogP contribution in [0.5, 0.6) is 0 Å². The second-order valence-electron chi connectivity index (χ2n) is 7.81. The Balaban J connectivity index is 1.57. The monoisotopic (exact) mass is 449 g/mol. The summed E-state index contributed by atoms with van der Waals surface area (Å²) in [5, 5.41) is 27.7. The molecule has 5 rings (SSSR count). The van der Waals surface area contributed by atoms with E-state index in [9.17, 15) is 10.1 Å². The maximum Gasteiger partial charge on any atom is 0.171 e. The zero-order valence-electron chi connectivity index (χ0n) is 18.7. The highest BCUT2D eigenvalue weighted by molar-refractivity contribution is 6.00. The minimum atomic E-state index is -0.149. The lowest BCUT2D eigenvalue weighted by molar-refractivity contribution is 0.101. The standard InChI is InChI=1S/C24H19N9O/c1-13-4-8-21(32-29-13)27-16-5-7-20-18(10-16)26-12-33(20)22-9-6-17(15(3)34)24(28-22)23-14(2)30-31-19(23)11-25/h4-10,12H,1-3H3,(H,27,32)(H,30,31). The average molecular weight is 449 g/mol. The molecule has 5 aromatic rings. The van der Waals surface area contributed by atoms with E-state index in [0.29, 0.717) is 34.2 Å². The number of pyridine rings is 1. The number of aryl methyl sites for hydroxylation is 2. The van der Waals surface area contributed by atoms with E-state index >= 15 is 0 Å². The highest BCUT2D eigenvalue weighted by Crippen LogP contribution is 2.30. The topological polar surface area (TPSA) is 138 Å². The fourth-order valence-electron chi connectivity index (χ4n) is 3.74. The van der Waals surface area contributed by atoms with Gasteiger partial charge in [-0.05, 0) is 63.2 Å². The maximum absolute atomic E-state index is 12.3. The van der Waals surface area contributed by atoms with Gasteiger partial charge in [0, 0.05) is 16.9 Å². The van der Waals surface area contributed by atoms with Crippen LogP contribution in [0.15, 0.2) is 48.8 Å². The number of aromatic amines is 1. The second kappa shape index (κ2) is 8.22. The van der Waals surface area contributed by atoms with Gasteiger partial charge in [-0.25, -0.2) is 9.97 Å². The molecule has 0 fully saturated rings. The molecule has 0 saturated carbocycles. The number of H-pyrrole nitrogens is 1. The van der Waals surface area contributed by atoms with Crippen LogP contribution >= 0.6 is 0 Å². The van der Waals surface area contributed by atoms with Gasteiger partial charge in [0.05, 0.1) is 28.0 Å². The number of nitrogens with one attached hydrogen (secondary N) is 2. The van der Waals surface area contributed by atoms with Crippen molar-refractivity contribution in [1.82, 2.24) is 34.9 Å². The van der Waals surface area contributed by atoms with Crippen molar-refractivity contribution in [3.8, 4) is 23.1 Å². The smallest absolute Gasteiger partial charge is 0.171 e. The van der Waals surface area contributed by atoms with Crippen molar-refractivity contribution in [3.05, 3.63) is 71.4 Å². The molecule has 0 atom stereocenters. The lowest BCUT2D eigenvalue weighted by atomic mass is 10.0. The Bertz CT molecular complexity index is 1590. The van der Waals surface area contributed by atoms with Crippen molar-refractivity contribution >= 4 is 28.3 Å². The van der Waals surface area contributed by atoms with Crippen LogP contribution in [0.4, 0.5) is 11.5 Å². The first-order valence-corrected chi connectivity index (χ1v) is 10.5. The van der Waals surface area contributed by atoms with Gasteiger partial charge in [0.25, 0.3) is 0 Å². The van der Waals surface area contributed by atoms with Gasteiger partial charge in [0.1, 0.15) is 18.2 Å². The van der Waals surface area contributed by atoms with E-state index in [1.807, 2.05) is 41.8 Å². The number of aromatic nitrogens is 7. The number of nitrogens with zero attached hydrogens (tertiary/aromatic N) is 7. The van der Waals surface area contributed by atoms with Crippen LogP contribution in [-0.4, -0.2) is 40.7 Å². The molecule has 10 heteroatoms. The maximum atomic E-state index is 12.3. The van der Waals surface area contributed by atoms with Crippen LogP contribution in [0.2, 0.25) is 0 Å². The number of fused-ring (bicyclic) bond motifs is 1. The molecule has 0 aliphatic carbocycles. The van der Waals surface area contributed by atoms with Crippen LogP contribution in [0, 0.1) is 25.2 Å². The first-order valence-electron chi connectivity index (χ1n) is 10.5. The lowest BCUT2D eigenvalue weighted by Crippen LogP contribution is -2.04. The van der Waals surface area contributed by atoms with Crippen LogP contribution in [-0.2, 0) is 0 Å². The van der Waals surface area contributed by atoms with Crippen LogP contribution in [0.1, 0.15) is 34.4 Å². The van der Waals surface area contributed by atoms with E-state index in [4.69, 9.17) is 4.98 Å². The number of anilines is 2. The number of rotatable bonds is 5. The van der Waals surface area contributed by atoms with Gasteiger partial charge in [-0.2, -0.15) is 15.5 Å². The van der Waals surface area contributed by atoms with E-state index in [1.54, 1.807) is 25.4 Å². The molecule has 0 unspecified atom stereocenters. The third-order valence-electron chi connectivity index (χ3n) is 5.41.